The van der Waals surface area contributed by atoms with Crippen molar-refractivity contribution in [1.82, 2.24) is 9.97 Å². The molecule has 0 radical (unpaired) electrons. The van der Waals surface area contributed by atoms with Gasteiger partial charge in [-0.25, -0.2) is 4.79 Å². The Balaban J connectivity index is 3.01. The fourth-order valence-corrected chi connectivity index (χ4v) is 1.56. The molecule has 1 rings (SSSR count). The molecule has 0 unspecified atom stereocenters. The van der Waals surface area contributed by atoms with E-state index >= 15 is 0 Å². The van der Waals surface area contributed by atoms with Crippen LogP contribution in [0.3, 0.4) is 0 Å². The summed E-state index contributed by atoms with van der Waals surface area (Å²) < 4.78 is 15.4. The second-order valence-electron chi connectivity index (χ2n) is 5.14. The first-order chi connectivity index (χ1) is 9.80. The van der Waals surface area contributed by atoms with Crippen molar-refractivity contribution < 1.29 is 24.1 Å². The van der Waals surface area contributed by atoms with E-state index in [-0.39, 0.29) is 30.7 Å². The van der Waals surface area contributed by atoms with E-state index in [4.69, 9.17) is 19.3 Å². The van der Waals surface area contributed by atoms with Gasteiger partial charge in [-0.3, -0.25) is 5.32 Å². The quantitative estimate of drug-likeness (QED) is 0.846. The maximum Gasteiger partial charge on any atom is 0.414 e. The van der Waals surface area contributed by atoms with E-state index in [1.165, 1.54) is 14.2 Å². The summed E-state index contributed by atoms with van der Waals surface area (Å²) in [5, 5.41) is 11.5. The van der Waals surface area contributed by atoms with E-state index in [9.17, 15) is 4.79 Å². The molecule has 1 aromatic rings. The summed E-state index contributed by atoms with van der Waals surface area (Å²) in [6.45, 7) is 5.14. The zero-order valence-electron chi connectivity index (χ0n) is 12.9. The van der Waals surface area contributed by atoms with Crippen molar-refractivity contribution in [3.8, 4) is 11.8 Å². The van der Waals surface area contributed by atoms with Crippen LogP contribution in [0.15, 0.2) is 0 Å². The molecule has 1 aromatic heterocycles. The molecule has 0 saturated carbocycles. The van der Waals surface area contributed by atoms with Crippen LogP contribution < -0.4 is 14.8 Å². The second kappa shape index (κ2) is 7.07. The predicted molar refractivity (Wildman–Crippen MR) is 75.8 cm³/mol. The number of amides is 1. The lowest BCUT2D eigenvalue weighted by atomic mass is 10.2. The molecule has 0 aliphatic carbocycles. The van der Waals surface area contributed by atoms with Crippen LogP contribution in [0.4, 0.5) is 10.7 Å². The largest absolute Gasteiger partial charge is 0.481 e. The Morgan fingerprint density at radius 1 is 1.19 bits per heavy atom. The van der Waals surface area contributed by atoms with Crippen molar-refractivity contribution in [1.29, 1.82) is 0 Å². The highest BCUT2D eigenvalue weighted by Crippen LogP contribution is 2.27. The number of carbonyl (C=O) groups is 1. The van der Waals surface area contributed by atoms with Crippen LogP contribution in [0.5, 0.6) is 11.8 Å². The number of hydrogen-bond donors (Lipinski definition) is 2. The lowest BCUT2D eigenvalue weighted by molar-refractivity contribution is 0.0634. The molecule has 0 aliphatic rings. The molecule has 0 fully saturated rings. The number of ether oxygens (including phenoxy) is 3. The van der Waals surface area contributed by atoms with E-state index in [1.54, 1.807) is 20.8 Å². The standard InChI is InChI=1S/C13H21N3O5/c1-13(2,3)21-12(18)16-11-14-9(19-4)8(6-7-17)10(15-11)20-5/h17H,6-7H2,1-5H3,(H,14,15,16,18). The lowest BCUT2D eigenvalue weighted by Gasteiger charge is -2.19. The zero-order valence-corrected chi connectivity index (χ0v) is 12.9. The fraction of sp³-hybridized carbons (Fsp3) is 0.615. The molecule has 1 amide bonds. The molecule has 0 bridgehead atoms. The van der Waals surface area contributed by atoms with Crippen LogP contribution in [0.25, 0.3) is 0 Å². The van der Waals surface area contributed by atoms with Gasteiger partial charge < -0.3 is 19.3 Å². The molecule has 0 spiro atoms. The van der Waals surface area contributed by atoms with Crippen molar-refractivity contribution in [2.45, 2.75) is 32.8 Å². The number of nitrogens with one attached hydrogen (secondary N) is 1. The molecule has 2 N–H and O–H groups in total. The van der Waals surface area contributed by atoms with Crippen LogP contribution in [0, 0.1) is 0 Å². The third kappa shape index (κ3) is 5.07. The normalized spacial score (nSPS) is 11.0. The fourth-order valence-electron chi connectivity index (χ4n) is 1.56. The van der Waals surface area contributed by atoms with Gasteiger partial charge in [-0.15, -0.1) is 0 Å². The number of carbonyl (C=O) groups excluding carboxylic acids is 1. The highest BCUT2D eigenvalue weighted by atomic mass is 16.6. The van der Waals surface area contributed by atoms with Crippen molar-refractivity contribution in [3.63, 3.8) is 0 Å². The maximum atomic E-state index is 11.7. The summed E-state index contributed by atoms with van der Waals surface area (Å²) in [5.41, 5.74) is -0.105. The van der Waals surface area contributed by atoms with Crippen molar-refractivity contribution in [2.24, 2.45) is 0 Å². The number of nitrogens with zero attached hydrogens (tertiary/aromatic N) is 2. The molecule has 21 heavy (non-hydrogen) atoms. The van der Waals surface area contributed by atoms with Gasteiger partial charge in [-0.2, -0.15) is 9.97 Å². The smallest absolute Gasteiger partial charge is 0.414 e. The predicted octanol–water partition coefficient (Wildman–Crippen LogP) is 1.38. The third-order valence-corrected chi connectivity index (χ3v) is 2.29. The van der Waals surface area contributed by atoms with Crippen LogP contribution in [-0.2, 0) is 11.2 Å². The highest BCUT2D eigenvalue weighted by Gasteiger charge is 2.20. The minimum atomic E-state index is -0.679. The first-order valence-electron chi connectivity index (χ1n) is 6.40. The van der Waals surface area contributed by atoms with Gasteiger partial charge in [0.25, 0.3) is 0 Å². The van der Waals surface area contributed by atoms with E-state index in [1.807, 2.05) is 0 Å². The van der Waals surface area contributed by atoms with Gasteiger partial charge in [0.2, 0.25) is 17.7 Å². The Morgan fingerprint density at radius 2 is 1.71 bits per heavy atom. The number of anilines is 1. The Bertz CT molecular complexity index is 474. The zero-order chi connectivity index (χ0) is 16.0. The van der Waals surface area contributed by atoms with Gasteiger partial charge >= 0.3 is 6.09 Å². The number of methoxy groups -OCH3 is 2. The summed E-state index contributed by atoms with van der Waals surface area (Å²) in [6.07, 6.45) is -0.402. The molecule has 0 aromatic carbocycles. The van der Waals surface area contributed by atoms with Gasteiger partial charge in [0.15, 0.2) is 0 Å². The summed E-state index contributed by atoms with van der Waals surface area (Å²) in [5.74, 6) is 0.448. The minimum Gasteiger partial charge on any atom is -0.481 e. The van der Waals surface area contributed by atoms with E-state index in [0.29, 0.717) is 5.56 Å². The maximum absolute atomic E-state index is 11.7. The number of rotatable bonds is 5. The number of aliphatic hydroxyl groups excluding tert-OH is 1. The van der Waals surface area contributed by atoms with Crippen molar-refractivity contribution in [2.75, 3.05) is 26.1 Å². The molecule has 118 valence electrons. The minimum absolute atomic E-state index is 0.000334. The topological polar surface area (TPSA) is 103 Å². The van der Waals surface area contributed by atoms with E-state index in [0.717, 1.165) is 0 Å². The summed E-state index contributed by atoms with van der Waals surface area (Å²) in [6, 6.07) is 0. The Hall–Kier alpha value is -2.09. The number of hydrogen-bond acceptors (Lipinski definition) is 7. The SMILES string of the molecule is COc1nc(NC(=O)OC(C)(C)C)nc(OC)c1CCO. The Kier molecular flexibility index (Phi) is 5.71. The molecule has 8 heteroatoms. The third-order valence-electron chi connectivity index (χ3n) is 2.29. The van der Waals surface area contributed by atoms with Crippen LogP contribution in [-0.4, -0.2) is 47.6 Å². The average molecular weight is 299 g/mol. The molecular formula is C13H21N3O5. The van der Waals surface area contributed by atoms with E-state index < -0.39 is 11.7 Å². The summed E-state index contributed by atoms with van der Waals surface area (Å²) in [7, 11) is 2.86. The molecule has 0 aliphatic heterocycles. The van der Waals surface area contributed by atoms with Gasteiger partial charge in [-0.1, -0.05) is 0 Å². The molecule has 8 nitrogen and oxygen atoms in total. The first kappa shape index (κ1) is 17.0. The van der Waals surface area contributed by atoms with E-state index in [2.05, 4.69) is 15.3 Å². The van der Waals surface area contributed by atoms with Crippen LogP contribution in [0.2, 0.25) is 0 Å². The monoisotopic (exact) mass is 299 g/mol. The van der Waals surface area contributed by atoms with Crippen LogP contribution in [0.1, 0.15) is 26.3 Å². The molecule has 1 heterocycles. The molecule has 0 atom stereocenters. The second-order valence-corrected chi connectivity index (χ2v) is 5.14. The molecular weight excluding hydrogens is 278 g/mol. The van der Waals surface area contributed by atoms with Gasteiger partial charge in [0, 0.05) is 13.0 Å². The van der Waals surface area contributed by atoms with Crippen molar-refractivity contribution in [3.05, 3.63) is 5.56 Å². The Morgan fingerprint density at radius 3 is 2.10 bits per heavy atom. The van der Waals surface area contributed by atoms with Crippen LogP contribution >= 0.6 is 0 Å². The Labute approximate surface area is 123 Å². The van der Waals surface area contributed by atoms with Gasteiger partial charge in [0.1, 0.15) is 5.60 Å². The summed E-state index contributed by atoms with van der Waals surface area (Å²) >= 11 is 0. The average Bonchev–Trinajstić information content (AvgIpc) is 2.37. The highest BCUT2D eigenvalue weighted by molar-refractivity contribution is 5.82. The summed E-state index contributed by atoms with van der Waals surface area (Å²) in [4.78, 5) is 19.8. The van der Waals surface area contributed by atoms with Gasteiger partial charge in [0.05, 0.1) is 19.8 Å². The number of aliphatic hydroxyl groups is 1. The number of aromatic nitrogens is 2. The van der Waals surface area contributed by atoms with Gasteiger partial charge in [-0.05, 0) is 20.8 Å². The van der Waals surface area contributed by atoms with Crippen molar-refractivity contribution >= 4 is 12.0 Å². The molecule has 0 saturated heterocycles. The first-order valence-corrected chi connectivity index (χ1v) is 6.40. The lowest BCUT2D eigenvalue weighted by Crippen LogP contribution is -2.28.